The summed E-state index contributed by atoms with van der Waals surface area (Å²) in [6.07, 6.45) is 3.63. The number of carbonyl (C=O) groups is 1. The maximum absolute atomic E-state index is 12.3. The normalized spacial score (nSPS) is 10.8. The average molecular weight is 271 g/mol. The molecule has 0 spiro atoms. The summed E-state index contributed by atoms with van der Waals surface area (Å²) in [6, 6.07) is 10.7. The van der Waals surface area contributed by atoms with Crippen LogP contribution < -0.4 is 0 Å². The van der Waals surface area contributed by atoms with E-state index in [0.29, 0.717) is 16.3 Å². The molecule has 3 rings (SSSR count). The Kier molecular flexibility index (Phi) is 2.84. The molecule has 0 aliphatic heterocycles. The summed E-state index contributed by atoms with van der Waals surface area (Å²) < 4.78 is 1.86. The van der Waals surface area contributed by atoms with Crippen molar-refractivity contribution in [3.8, 4) is 0 Å². The highest BCUT2D eigenvalue weighted by molar-refractivity contribution is 6.30. The molecular weight excluding hydrogens is 260 g/mol. The summed E-state index contributed by atoms with van der Waals surface area (Å²) in [6.45, 7) is 1.97. The first-order valence-electron chi connectivity index (χ1n) is 5.90. The van der Waals surface area contributed by atoms with E-state index in [1.807, 2.05) is 29.7 Å². The van der Waals surface area contributed by atoms with Gasteiger partial charge in [-0.15, -0.1) is 0 Å². The molecule has 0 aliphatic rings. The summed E-state index contributed by atoms with van der Waals surface area (Å²) in [7, 11) is 0. The number of rotatable bonds is 2. The lowest BCUT2D eigenvalue weighted by atomic mass is 10.1. The number of hydrogen-bond acceptors (Lipinski definition) is 2. The van der Waals surface area contributed by atoms with Crippen molar-refractivity contribution in [3.63, 3.8) is 0 Å². The third-order valence-corrected chi connectivity index (χ3v) is 3.27. The van der Waals surface area contributed by atoms with Crippen LogP contribution in [0.1, 0.15) is 21.6 Å². The van der Waals surface area contributed by atoms with Crippen molar-refractivity contribution in [1.29, 1.82) is 0 Å². The topological polar surface area (TPSA) is 34.4 Å². The van der Waals surface area contributed by atoms with E-state index in [-0.39, 0.29) is 5.78 Å². The lowest BCUT2D eigenvalue weighted by Crippen LogP contribution is -2.01. The summed E-state index contributed by atoms with van der Waals surface area (Å²) in [5.74, 6) is -0.0974. The van der Waals surface area contributed by atoms with Gasteiger partial charge in [-0.2, -0.15) is 0 Å². The Hall–Kier alpha value is -2.13. The van der Waals surface area contributed by atoms with Crippen molar-refractivity contribution in [1.82, 2.24) is 9.38 Å². The van der Waals surface area contributed by atoms with Crippen LogP contribution in [-0.4, -0.2) is 15.2 Å². The van der Waals surface area contributed by atoms with E-state index >= 15 is 0 Å². The molecule has 0 fully saturated rings. The average Bonchev–Trinajstić information content (AvgIpc) is 2.84. The molecule has 4 heteroatoms. The minimum atomic E-state index is -0.0974. The minimum Gasteiger partial charge on any atom is -0.306 e. The first-order chi connectivity index (χ1) is 9.15. The van der Waals surface area contributed by atoms with Crippen LogP contribution in [0, 0.1) is 6.92 Å². The van der Waals surface area contributed by atoms with E-state index < -0.39 is 0 Å². The Balaban J connectivity index is 2.06. The standard InChI is InChI=1S/C15H11ClN2O/c1-10-3-2-8-18-9-13(17-15(10)18)14(19)11-4-6-12(16)7-5-11/h2-9H,1H3. The molecule has 2 heterocycles. The molecule has 3 nitrogen and oxygen atoms in total. The molecule has 0 aliphatic carbocycles. The van der Waals surface area contributed by atoms with E-state index in [2.05, 4.69) is 4.98 Å². The monoisotopic (exact) mass is 270 g/mol. The van der Waals surface area contributed by atoms with Gasteiger partial charge in [0.1, 0.15) is 11.3 Å². The number of imidazole rings is 1. The highest BCUT2D eigenvalue weighted by atomic mass is 35.5. The summed E-state index contributed by atoms with van der Waals surface area (Å²) >= 11 is 5.82. The first-order valence-corrected chi connectivity index (χ1v) is 6.27. The largest absolute Gasteiger partial charge is 0.306 e. The van der Waals surface area contributed by atoms with Crippen molar-refractivity contribution in [2.45, 2.75) is 6.92 Å². The van der Waals surface area contributed by atoms with Gasteiger partial charge in [-0.25, -0.2) is 4.98 Å². The zero-order valence-electron chi connectivity index (χ0n) is 10.3. The first kappa shape index (κ1) is 11.9. The molecule has 3 aromatic rings. The van der Waals surface area contributed by atoms with Gasteiger partial charge in [0.05, 0.1) is 0 Å². The second-order valence-corrected chi connectivity index (χ2v) is 4.82. The van der Waals surface area contributed by atoms with Crippen molar-refractivity contribution < 1.29 is 4.79 Å². The molecular formula is C15H11ClN2O. The molecule has 0 N–H and O–H groups in total. The number of pyridine rings is 1. The summed E-state index contributed by atoms with van der Waals surface area (Å²) in [5.41, 5.74) is 2.87. The van der Waals surface area contributed by atoms with Crippen LogP contribution in [0.5, 0.6) is 0 Å². The second-order valence-electron chi connectivity index (χ2n) is 4.38. The van der Waals surface area contributed by atoms with E-state index in [9.17, 15) is 4.79 Å². The Bertz CT molecular complexity index is 759. The van der Waals surface area contributed by atoms with Crippen LogP contribution in [0.15, 0.2) is 48.8 Å². The van der Waals surface area contributed by atoms with Crippen molar-refractivity contribution >= 4 is 23.0 Å². The molecule has 94 valence electrons. The zero-order valence-corrected chi connectivity index (χ0v) is 11.1. The van der Waals surface area contributed by atoms with Crippen LogP contribution in [0.2, 0.25) is 5.02 Å². The van der Waals surface area contributed by atoms with Gasteiger partial charge in [0, 0.05) is 23.0 Å². The molecule has 2 aromatic heterocycles. The van der Waals surface area contributed by atoms with Crippen LogP contribution in [0.25, 0.3) is 5.65 Å². The van der Waals surface area contributed by atoms with Crippen molar-refractivity contribution in [2.75, 3.05) is 0 Å². The fourth-order valence-corrected chi connectivity index (χ4v) is 2.14. The lowest BCUT2D eigenvalue weighted by Gasteiger charge is -1.96. The number of fused-ring (bicyclic) bond motifs is 1. The minimum absolute atomic E-state index is 0.0974. The number of carbonyl (C=O) groups excluding carboxylic acids is 1. The number of aromatic nitrogens is 2. The number of hydrogen-bond donors (Lipinski definition) is 0. The van der Waals surface area contributed by atoms with Crippen molar-refractivity contribution in [2.24, 2.45) is 0 Å². The van der Waals surface area contributed by atoms with Crippen LogP contribution >= 0.6 is 11.6 Å². The highest BCUT2D eigenvalue weighted by Gasteiger charge is 2.13. The fraction of sp³-hybridized carbons (Fsp3) is 0.0667. The van der Waals surface area contributed by atoms with Crippen LogP contribution in [0.3, 0.4) is 0 Å². The maximum atomic E-state index is 12.3. The molecule has 0 amide bonds. The molecule has 1 aromatic carbocycles. The molecule has 19 heavy (non-hydrogen) atoms. The Morgan fingerprint density at radius 3 is 2.63 bits per heavy atom. The van der Waals surface area contributed by atoms with E-state index in [0.717, 1.165) is 11.2 Å². The number of aryl methyl sites for hydroxylation is 1. The van der Waals surface area contributed by atoms with Crippen molar-refractivity contribution in [3.05, 3.63) is 70.6 Å². The van der Waals surface area contributed by atoms with E-state index in [1.54, 1.807) is 30.5 Å². The maximum Gasteiger partial charge on any atom is 0.212 e. The predicted molar refractivity (Wildman–Crippen MR) is 74.8 cm³/mol. The molecule has 0 bridgehead atoms. The second kappa shape index (κ2) is 4.52. The fourth-order valence-electron chi connectivity index (χ4n) is 2.01. The van der Waals surface area contributed by atoms with Gasteiger partial charge in [-0.05, 0) is 42.8 Å². The molecule has 0 unspecified atom stereocenters. The van der Waals surface area contributed by atoms with Crippen LogP contribution in [-0.2, 0) is 0 Å². The molecule has 0 radical (unpaired) electrons. The summed E-state index contributed by atoms with van der Waals surface area (Å²) in [5, 5.41) is 0.613. The van der Waals surface area contributed by atoms with Gasteiger partial charge >= 0.3 is 0 Å². The number of halogens is 1. The third kappa shape index (κ3) is 2.13. The van der Waals surface area contributed by atoms with Gasteiger partial charge in [-0.1, -0.05) is 17.7 Å². The van der Waals surface area contributed by atoms with Gasteiger partial charge in [0.25, 0.3) is 0 Å². The Labute approximate surface area is 115 Å². The summed E-state index contributed by atoms with van der Waals surface area (Å²) in [4.78, 5) is 16.7. The van der Waals surface area contributed by atoms with Gasteiger partial charge in [-0.3, -0.25) is 4.79 Å². The predicted octanol–water partition coefficient (Wildman–Crippen LogP) is 3.53. The van der Waals surface area contributed by atoms with E-state index in [4.69, 9.17) is 11.6 Å². The lowest BCUT2D eigenvalue weighted by molar-refractivity contribution is 0.103. The third-order valence-electron chi connectivity index (χ3n) is 3.02. The van der Waals surface area contributed by atoms with Gasteiger partial charge in [0.15, 0.2) is 0 Å². The number of nitrogens with zero attached hydrogens (tertiary/aromatic N) is 2. The van der Waals surface area contributed by atoms with Crippen LogP contribution in [0.4, 0.5) is 0 Å². The quantitative estimate of drug-likeness (QED) is 0.668. The number of benzene rings is 1. The van der Waals surface area contributed by atoms with Gasteiger partial charge < -0.3 is 4.40 Å². The SMILES string of the molecule is Cc1cccn2cc(C(=O)c3ccc(Cl)cc3)nc12. The zero-order chi connectivity index (χ0) is 13.4. The van der Waals surface area contributed by atoms with Gasteiger partial charge in [0.2, 0.25) is 5.78 Å². The highest BCUT2D eigenvalue weighted by Crippen LogP contribution is 2.15. The molecule has 0 saturated carbocycles. The molecule has 0 atom stereocenters. The Morgan fingerprint density at radius 1 is 1.21 bits per heavy atom. The van der Waals surface area contributed by atoms with E-state index in [1.165, 1.54) is 0 Å². The molecule has 0 saturated heterocycles. The smallest absolute Gasteiger partial charge is 0.212 e. The number of ketones is 1. The Morgan fingerprint density at radius 2 is 1.95 bits per heavy atom.